The van der Waals surface area contributed by atoms with Crippen molar-refractivity contribution in [1.82, 2.24) is 0 Å². The minimum absolute atomic E-state index is 0.234. The average Bonchev–Trinajstić information content (AvgIpc) is 1.69. The third kappa shape index (κ3) is 1.000. The molecule has 0 unspecified atom stereocenters. The van der Waals surface area contributed by atoms with Crippen LogP contribution < -0.4 is 0 Å². The summed E-state index contributed by atoms with van der Waals surface area (Å²) in [4.78, 5) is 0. The van der Waals surface area contributed by atoms with Gasteiger partial charge < -0.3 is 0 Å². The second-order valence-corrected chi connectivity index (χ2v) is 1.22. The van der Waals surface area contributed by atoms with Crippen LogP contribution in [0.1, 0.15) is 0 Å². The monoisotopic (exact) mass is 95.0 g/mol. The van der Waals surface area contributed by atoms with Gasteiger partial charge in [-0.15, -0.1) is 12.1 Å². The van der Waals surface area contributed by atoms with E-state index in [0.717, 1.165) is 0 Å². The van der Waals surface area contributed by atoms with Crippen molar-refractivity contribution in [3.63, 3.8) is 0 Å². The Balaban J connectivity index is 3.02. The summed E-state index contributed by atoms with van der Waals surface area (Å²) in [6.07, 6.45) is 0. The zero-order valence-electron chi connectivity index (χ0n) is 3.69. The molecule has 0 amide bonds. The Kier molecular flexibility index (Phi) is 1.07. The fraction of sp³-hybridized carbons (Fsp3) is 0. The van der Waals surface area contributed by atoms with Crippen LogP contribution in [-0.4, -0.2) is 0 Å². The minimum atomic E-state index is -0.234. The normalized spacial score (nSPS) is 8.71. The van der Waals surface area contributed by atoms with E-state index in [1.165, 1.54) is 12.1 Å². The molecule has 0 saturated carbocycles. The van der Waals surface area contributed by atoms with Crippen LogP contribution in [0.2, 0.25) is 0 Å². The van der Waals surface area contributed by atoms with Crippen molar-refractivity contribution >= 4 is 0 Å². The molecule has 0 aromatic heterocycles. The molecule has 0 heterocycles. The number of halogens is 1. The lowest BCUT2D eigenvalue weighted by atomic mass is 10.4. The van der Waals surface area contributed by atoms with Crippen LogP contribution in [0.3, 0.4) is 0 Å². The summed E-state index contributed by atoms with van der Waals surface area (Å²) in [5.41, 5.74) is 0. The lowest BCUT2D eigenvalue weighted by Gasteiger charge is -1.89. The largest absolute Gasteiger partial charge is 0.284 e. The first-order chi connectivity index (χ1) is 3.39. The topological polar surface area (TPSA) is 0 Å². The van der Waals surface area contributed by atoms with Gasteiger partial charge in [-0.25, -0.2) is 0 Å². The molecule has 0 N–H and O–H groups in total. The summed E-state index contributed by atoms with van der Waals surface area (Å²) < 4.78 is 11.9. The maximum Gasteiger partial charge on any atom is 0.00871 e. The molecule has 1 aromatic carbocycles. The Morgan fingerprint density at radius 1 is 1.57 bits per heavy atom. The molecule has 0 radical (unpaired) electrons. The molecular weight excluding hydrogens is 91.1 g/mol. The standard InChI is InChI=1S/C6H4F/c7-6-4-2-1-3-5-6/h1-2,4-5H/q-1. The van der Waals surface area contributed by atoms with Crippen molar-refractivity contribution in [2.45, 2.75) is 0 Å². The smallest absolute Gasteiger partial charge is 0.00871 e. The minimum Gasteiger partial charge on any atom is -0.284 e. The highest BCUT2D eigenvalue weighted by molar-refractivity contribution is 5.00. The zero-order chi connectivity index (χ0) is 5.11. The number of benzene rings is 1. The van der Waals surface area contributed by atoms with E-state index in [-0.39, 0.29) is 5.82 Å². The van der Waals surface area contributed by atoms with E-state index in [2.05, 4.69) is 6.07 Å². The lowest BCUT2D eigenvalue weighted by Crippen LogP contribution is -1.64. The first kappa shape index (κ1) is 4.31. The molecule has 1 heteroatoms. The molecule has 0 saturated heterocycles. The van der Waals surface area contributed by atoms with Crippen LogP contribution in [0, 0.1) is 11.9 Å². The SMILES string of the molecule is Fc1c[c-]ccc1. The molecule has 0 aliphatic heterocycles. The first-order valence-corrected chi connectivity index (χ1v) is 2.01. The Labute approximate surface area is 41.6 Å². The predicted octanol–water partition coefficient (Wildman–Crippen LogP) is 1.63. The van der Waals surface area contributed by atoms with Crippen LogP contribution in [0.5, 0.6) is 0 Å². The number of rotatable bonds is 0. The van der Waals surface area contributed by atoms with Crippen LogP contribution >= 0.6 is 0 Å². The fourth-order valence-electron chi connectivity index (χ4n) is 0.371. The molecule has 0 aliphatic carbocycles. The van der Waals surface area contributed by atoms with Gasteiger partial charge >= 0.3 is 0 Å². The summed E-state index contributed by atoms with van der Waals surface area (Å²) in [7, 11) is 0. The first-order valence-electron chi connectivity index (χ1n) is 2.01. The Morgan fingerprint density at radius 3 is 2.71 bits per heavy atom. The Morgan fingerprint density at radius 2 is 2.43 bits per heavy atom. The van der Waals surface area contributed by atoms with E-state index >= 15 is 0 Å². The number of hydrogen-bond donors (Lipinski definition) is 0. The van der Waals surface area contributed by atoms with Crippen LogP contribution in [-0.2, 0) is 0 Å². The van der Waals surface area contributed by atoms with Gasteiger partial charge in [-0.2, -0.15) is 18.2 Å². The Bertz CT molecular complexity index is 134. The van der Waals surface area contributed by atoms with Gasteiger partial charge in [0.15, 0.2) is 0 Å². The Hall–Kier alpha value is -0.850. The van der Waals surface area contributed by atoms with Gasteiger partial charge in [0.1, 0.15) is 0 Å². The second-order valence-electron chi connectivity index (χ2n) is 1.22. The summed E-state index contributed by atoms with van der Waals surface area (Å²) in [5, 5.41) is 0. The van der Waals surface area contributed by atoms with E-state index in [9.17, 15) is 4.39 Å². The van der Waals surface area contributed by atoms with Crippen molar-refractivity contribution in [3.05, 3.63) is 36.1 Å². The van der Waals surface area contributed by atoms with Crippen molar-refractivity contribution in [3.8, 4) is 0 Å². The van der Waals surface area contributed by atoms with Crippen molar-refractivity contribution in [1.29, 1.82) is 0 Å². The van der Waals surface area contributed by atoms with Crippen LogP contribution in [0.25, 0.3) is 0 Å². The highest BCUT2D eigenvalue weighted by Crippen LogP contribution is 1.91. The van der Waals surface area contributed by atoms with Crippen LogP contribution in [0.4, 0.5) is 4.39 Å². The van der Waals surface area contributed by atoms with Gasteiger partial charge in [-0.3, -0.25) is 4.39 Å². The van der Waals surface area contributed by atoms with Crippen molar-refractivity contribution in [2.24, 2.45) is 0 Å². The molecule has 0 aliphatic rings. The predicted molar refractivity (Wildman–Crippen MR) is 25.2 cm³/mol. The quantitative estimate of drug-likeness (QED) is 0.429. The van der Waals surface area contributed by atoms with E-state index in [4.69, 9.17) is 0 Å². The lowest BCUT2D eigenvalue weighted by molar-refractivity contribution is 0.627. The van der Waals surface area contributed by atoms with Gasteiger partial charge in [0.05, 0.1) is 0 Å². The van der Waals surface area contributed by atoms with E-state index in [1.54, 1.807) is 12.1 Å². The molecule has 0 fully saturated rings. The molecule has 7 heavy (non-hydrogen) atoms. The van der Waals surface area contributed by atoms with E-state index in [1.807, 2.05) is 0 Å². The summed E-state index contributed by atoms with van der Waals surface area (Å²) in [5.74, 6) is -0.234. The van der Waals surface area contributed by atoms with Gasteiger partial charge in [0.2, 0.25) is 0 Å². The zero-order valence-corrected chi connectivity index (χ0v) is 3.69. The summed E-state index contributed by atoms with van der Waals surface area (Å²) in [6.45, 7) is 0. The molecule has 1 rings (SSSR count). The maximum absolute atomic E-state index is 11.9. The molecule has 0 spiro atoms. The molecule has 1 aromatic rings. The van der Waals surface area contributed by atoms with Gasteiger partial charge in [0, 0.05) is 5.82 Å². The highest BCUT2D eigenvalue weighted by atomic mass is 19.1. The second kappa shape index (κ2) is 1.73. The highest BCUT2D eigenvalue weighted by Gasteiger charge is 1.65. The molecule has 0 nitrogen and oxygen atoms in total. The maximum atomic E-state index is 11.9. The summed E-state index contributed by atoms with van der Waals surface area (Å²) in [6, 6.07) is 8.53. The number of hydrogen-bond acceptors (Lipinski definition) is 0. The summed E-state index contributed by atoms with van der Waals surface area (Å²) >= 11 is 0. The van der Waals surface area contributed by atoms with Crippen LogP contribution in [0.15, 0.2) is 24.3 Å². The van der Waals surface area contributed by atoms with Gasteiger partial charge in [0.25, 0.3) is 0 Å². The van der Waals surface area contributed by atoms with Crippen molar-refractivity contribution in [2.75, 3.05) is 0 Å². The van der Waals surface area contributed by atoms with Gasteiger partial charge in [-0.1, -0.05) is 0 Å². The van der Waals surface area contributed by atoms with Gasteiger partial charge in [-0.05, 0) is 0 Å². The molecule has 0 atom stereocenters. The molecular formula is C6H4F-. The average molecular weight is 95.1 g/mol. The fourth-order valence-corrected chi connectivity index (χ4v) is 0.371. The third-order valence-corrected chi connectivity index (χ3v) is 0.669. The molecule has 36 valence electrons. The van der Waals surface area contributed by atoms with E-state index in [0.29, 0.717) is 0 Å². The molecule has 0 bridgehead atoms. The van der Waals surface area contributed by atoms with Crippen molar-refractivity contribution < 1.29 is 4.39 Å². The van der Waals surface area contributed by atoms with E-state index < -0.39 is 0 Å². The third-order valence-electron chi connectivity index (χ3n) is 0.669.